The number of carboxylic acids is 1. The van der Waals surface area contributed by atoms with Crippen molar-refractivity contribution >= 4 is 5.97 Å². The molecule has 1 heterocycles. The molecule has 0 aliphatic carbocycles. The van der Waals surface area contributed by atoms with E-state index in [1.807, 2.05) is 11.8 Å². The van der Waals surface area contributed by atoms with E-state index in [9.17, 15) is 24.9 Å². The predicted octanol–water partition coefficient (Wildman–Crippen LogP) is -0.625. The van der Waals surface area contributed by atoms with Gasteiger partial charge in [0, 0.05) is 24.8 Å². The van der Waals surface area contributed by atoms with E-state index in [1.165, 1.54) is 11.5 Å². The molecule has 2 atom stereocenters. The van der Waals surface area contributed by atoms with Crippen LogP contribution in [-0.2, 0) is 11.3 Å². The van der Waals surface area contributed by atoms with Crippen LogP contribution in [0.2, 0.25) is 0 Å². The summed E-state index contributed by atoms with van der Waals surface area (Å²) >= 11 is 0. The third kappa shape index (κ3) is 4.30. The Morgan fingerprint density at radius 2 is 2.09 bits per heavy atom. The zero-order valence-electron chi connectivity index (χ0n) is 12.6. The topological polar surface area (TPSA) is 123 Å². The molecule has 0 aliphatic rings. The number of nitrogens with zero attached hydrogens (tertiary/aromatic N) is 2. The van der Waals surface area contributed by atoms with Crippen LogP contribution in [0.25, 0.3) is 0 Å². The van der Waals surface area contributed by atoms with Gasteiger partial charge in [0.15, 0.2) is 11.8 Å². The van der Waals surface area contributed by atoms with Gasteiger partial charge in [0.05, 0.1) is 18.9 Å². The molecule has 0 saturated heterocycles. The highest BCUT2D eigenvalue weighted by atomic mass is 16.4. The van der Waals surface area contributed by atoms with Gasteiger partial charge in [0.2, 0.25) is 5.43 Å². The number of aromatic hydroxyl groups is 1. The van der Waals surface area contributed by atoms with E-state index in [4.69, 9.17) is 5.11 Å². The largest absolute Gasteiger partial charge is 0.503 e. The molecule has 22 heavy (non-hydrogen) atoms. The Morgan fingerprint density at radius 3 is 2.55 bits per heavy atom. The average Bonchev–Trinajstić information content (AvgIpc) is 2.42. The summed E-state index contributed by atoms with van der Waals surface area (Å²) in [5.41, 5.74) is -0.285. The minimum absolute atomic E-state index is 0.0745. The maximum absolute atomic E-state index is 11.6. The minimum Gasteiger partial charge on any atom is -0.503 e. The fourth-order valence-electron chi connectivity index (χ4n) is 2.24. The monoisotopic (exact) mass is 314 g/mol. The molecule has 0 aliphatic heterocycles. The lowest BCUT2D eigenvalue weighted by Crippen LogP contribution is -2.34. The Kier molecular flexibility index (Phi) is 6.54. The Hall–Kier alpha value is -1.90. The van der Waals surface area contributed by atoms with Crippen molar-refractivity contribution in [3.8, 4) is 5.75 Å². The molecule has 124 valence electrons. The lowest BCUT2D eigenvalue weighted by atomic mass is 10.1. The molecule has 2 unspecified atom stereocenters. The van der Waals surface area contributed by atoms with Crippen LogP contribution in [0.1, 0.15) is 25.6 Å². The van der Waals surface area contributed by atoms with Crippen LogP contribution in [0.15, 0.2) is 17.1 Å². The van der Waals surface area contributed by atoms with Crippen molar-refractivity contribution in [1.82, 2.24) is 9.47 Å². The standard InChI is InChI=1S/C14H22N2O6/c1-3-15(4-5-17)7-10-6-11(19)12(20)8-16(10)13(9(2)18)14(21)22/h6,8-9,13,17-18,20H,3-5,7H2,1-2H3,(H,21,22). The van der Waals surface area contributed by atoms with Gasteiger partial charge in [0.1, 0.15) is 0 Å². The molecule has 1 aromatic rings. The highest BCUT2D eigenvalue weighted by Crippen LogP contribution is 2.18. The molecule has 8 nitrogen and oxygen atoms in total. The number of hydrogen-bond donors (Lipinski definition) is 4. The van der Waals surface area contributed by atoms with E-state index in [0.717, 1.165) is 12.3 Å². The van der Waals surface area contributed by atoms with E-state index in [2.05, 4.69) is 0 Å². The van der Waals surface area contributed by atoms with Gasteiger partial charge in [0.25, 0.3) is 0 Å². The number of rotatable bonds is 8. The Labute approximate surface area is 127 Å². The van der Waals surface area contributed by atoms with Crippen LogP contribution in [0.5, 0.6) is 5.75 Å². The fraction of sp³-hybridized carbons (Fsp3) is 0.571. The second kappa shape index (κ2) is 7.92. The van der Waals surface area contributed by atoms with Crippen LogP contribution >= 0.6 is 0 Å². The summed E-state index contributed by atoms with van der Waals surface area (Å²) in [5.74, 6) is -1.86. The van der Waals surface area contributed by atoms with Crippen molar-refractivity contribution in [2.24, 2.45) is 0 Å². The molecule has 0 fully saturated rings. The first-order valence-corrected chi connectivity index (χ1v) is 6.99. The molecule has 4 N–H and O–H groups in total. The SMILES string of the molecule is CCN(CCO)Cc1cc(=O)c(O)cn1C(C(=O)O)C(C)O. The van der Waals surface area contributed by atoms with Crippen molar-refractivity contribution in [2.75, 3.05) is 19.7 Å². The fourth-order valence-corrected chi connectivity index (χ4v) is 2.24. The Morgan fingerprint density at radius 1 is 1.45 bits per heavy atom. The third-order valence-corrected chi connectivity index (χ3v) is 3.40. The van der Waals surface area contributed by atoms with Crippen molar-refractivity contribution in [2.45, 2.75) is 32.5 Å². The first kappa shape index (κ1) is 18.1. The summed E-state index contributed by atoms with van der Waals surface area (Å²) in [5, 5.41) is 37.6. The number of pyridine rings is 1. The molecule has 8 heteroatoms. The van der Waals surface area contributed by atoms with Crippen molar-refractivity contribution < 1.29 is 25.2 Å². The van der Waals surface area contributed by atoms with E-state index in [1.54, 1.807) is 0 Å². The number of aromatic nitrogens is 1. The third-order valence-electron chi connectivity index (χ3n) is 3.40. The summed E-state index contributed by atoms with van der Waals surface area (Å²) in [6.45, 7) is 4.27. The number of aliphatic hydroxyl groups is 2. The molecule has 1 rings (SSSR count). The maximum Gasteiger partial charge on any atom is 0.329 e. The molecule has 1 aromatic heterocycles. The van der Waals surface area contributed by atoms with Crippen LogP contribution in [0, 0.1) is 0 Å². The number of likely N-dealkylation sites (N-methyl/N-ethyl adjacent to an activating group) is 1. The molecular formula is C14H22N2O6. The van der Waals surface area contributed by atoms with Gasteiger partial charge in [-0.1, -0.05) is 6.92 Å². The molecule has 0 aromatic carbocycles. The normalized spacial score (nSPS) is 14.0. The maximum atomic E-state index is 11.6. The lowest BCUT2D eigenvalue weighted by molar-refractivity contribution is -0.144. The molecule has 0 radical (unpaired) electrons. The van der Waals surface area contributed by atoms with E-state index in [-0.39, 0.29) is 13.2 Å². The predicted molar refractivity (Wildman–Crippen MR) is 78.8 cm³/mol. The Balaban J connectivity index is 3.33. The summed E-state index contributed by atoms with van der Waals surface area (Å²) in [7, 11) is 0. The van der Waals surface area contributed by atoms with Crippen LogP contribution in [0.3, 0.4) is 0 Å². The molecule has 0 amide bonds. The number of aliphatic carboxylic acids is 1. The van der Waals surface area contributed by atoms with Gasteiger partial charge in [-0.25, -0.2) is 4.79 Å². The molecule has 0 spiro atoms. The second-order valence-electron chi connectivity index (χ2n) is 5.04. The minimum atomic E-state index is -1.32. The van der Waals surface area contributed by atoms with Crippen molar-refractivity contribution in [3.63, 3.8) is 0 Å². The number of hydrogen-bond acceptors (Lipinski definition) is 6. The van der Waals surface area contributed by atoms with Crippen LogP contribution in [0.4, 0.5) is 0 Å². The number of carbonyl (C=O) groups is 1. The van der Waals surface area contributed by atoms with E-state index >= 15 is 0 Å². The first-order chi connectivity index (χ1) is 10.3. The zero-order valence-corrected chi connectivity index (χ0v) is 12.6. The first-order valence-electron chi connectivity index (χ1n) is 6.99. The quantitative estimate of drug-likeness (QED) is 0.504. The highest BCUT2D eigenvalue weighted by molar-refractivity contribution is 5.72. The molecular weight excluding hydrogens is 292 g/mol. The Bertz CT molecular complexity index is 569. The van der Waals surface area contributed by atoms with Gasteiger partial charge >= 0.3 is 5.97 Å². The van der Waals surface area contributed by atoms with Crippen molar-refractivity contribution in [1.29, 1.82) is 0 Å². The van der Waals surface area contributed by atoms with Crippen LogP contribution < -0.4 is 5.43 Å². The van der Waals surface area contributed by atoms with Gasteiger partial charge in [-0.05, 0) is 13.5 Å². The highest BCUT2D eigenvalue weighted by Gasteiger charge is 2.27. The van der Waals surface area contributed by atoms with Gasteiger partial charge in [-0.2, -0.15) is 0 Å². The molecule has 0 bridgehead atoms. The summed E-state index contributed by atoms with van der Waals surface area (Å²) in [6, 6.07) is -0.178. The lowest BCUT2D eigenvalue weighted by Gasteiger charge is -2.26. The summed E-state index contributed by atoms with van der Waals surface area (Å²) in [6.07, 6.45) is -0.193. The summed E-state index contributed by atoms with van der Waals surface area (Å²) < 4.78 is 1.18. The second-order valence-corrected chi connectivity index (χ2v) is 5.04. The summed E-state index contributed by atoms with van der Waals surface area (Å²) in [4.78, 5) is 24.8. The smallest absolute Gasteiger partial charge is 0.329 e. The average molecular weight is 314 g/mol. The number of aliphatic hydroxyl groups excluding tert-OH is 2. The zero-order chi connectivity index (χ0) is 16.9. The van der Waals surface area contributed by atoms with Gasteiger partial charge in [-0.3, -0.25) is 9.69 Å². The van der Waals surface area contributed by atoms with Crippen LogP contribution in [-0.4, -0.2) is 61.7 Å². The van der Waals surface area contributed by atoms with Gasteiger partial charge < -0.3 is 25.0 Å². The van der Waals surface area contributed by atoms with Crippen molar-refractivity contribution in [3.05, 3.63) is 28.2 Å². The van der Waals surface area contributed by atoms with Gasteiger partial charge in [-0.15, -0.1) is 0 Å². The molecule has 0 saturated carbocycles. The number of carboxylic acid groups (broad SMARTS) is 1. The van der Waals surface area contributed by atoms with E-state index in [0.29, 0.717) is 18.8 Å². The van der Waals surface area contributed by atoms with E-state index < -0.39 is 29.3 Å².